The van der Waals surface area contributed by atoms with Crippen LogP contribution in [0.15, 0.2) is 0 Å². The summed E-state index contributed by atoms with van der Waals surface area (Å²) >= 11 is 0. The maximum absolute atomic E-state index is 12.1. The lowest BCUT2D eigenvalue weighted by molar-refractivity contribution is -0.153. The Labute approximate surface area is 119 Å². The molecule has 6 heteroatoms. The second-order valence-electron chi connectivity index (χ2n) is 6.08. The Morgan fingerprint density at radius 1 is 1.45 bits per heavy atom. The molecule has 1 heterocycles. The van der Waals surface area contributed by atoms with Gasteiger partial charge in [-0.05, 0) is 25.2 Å². The normalized spacial score (nSPS) is 28.6. The first-order chi connectivity index (χ1) is 9.48. The molecule has 0 aromatic carbocycles. The lowest BCUT2D eigenvalue weighted by Crippen LogP contribution is -2.54. The highest BCUT2D eigenvalue weighted by atomic mass is 16.5. The Hall–Kier alpha value is -1.30. The van der Waals surface area contributed by atoms with Crippen molar-refractivity contribution in [2.45, 2.75) is 38.7 Å². The van der Waals surface area contributed by atoms with Gasteiger partial charge in [0.05, 0.1) is 11.5 Å². The van der Waals surface area contributed by atoms with E-state index in [1.165, 1.54) is 0 Å². The van der Waals surface area contributed by atoms with Crippen molar-refractivity contribution >= 4 is 12.0 Å². The fourth-order valence-corrected chi connectivity index (χ4v) is 2.95. The maximum atomic E-state index is 12.1. The second kappa shape index (κ2) is 5.99. The highest BCUT2D eigenvalue weighted by Crippen LogP contribution is 2.40. The van der Waals surface area contributed by atoms with Crippen molar-refractivity contribution in [3.8, 4) is 0 Å². The van der Waals surface area contributed by atoms with Crippen molar-refractivity contribution in [1.82, 2.24) is 10.2 Å². The number of carbonyl (C=O) groups excluding carboxylic acids is 1. The average Bonchev–Trinajstić information content (AvgIpc) is 2.37. The molecule has 2 atom stereocenters. The van der Waals surface area contributed by atoms with Gasteiger partial charge in [0.1, 0.15) is 0 Å². The Bertz CT molecular complexity index is 381. The standard InChI is InChI=1S/C14H24N2O4/c1-10-4-7-16(8-11(10)20-2)13(19)15-9-14(12(17)18)5-3-6-14/h10-11H,3-9H2,1-2H3,(H,15,19)(H,17,18). The zero-order valence-corrected chi connectivity index (χ0v) is 12.2. The number of carboxylic acid groups (broad SMARTS) is 1. The van der Waals surface area contributed by atoms with Gasteiger partial charge in [0.25, 0.3) is 0 Å². The van der Waals surface area contributed by atoms with Gasteiger partial charge in [0, 0.05) is 26.7 Å². The lowest BCUT2D eigenvalue weighted by Gasteiger charge is -2.39. The molecule has 0 radical (unpaired) electrons. The number of piperidine rings is 1. The summed E-state index contributed by atoms with van der Waals surface area (Å²) in [6.45, 7) is 3.62. The zero-order valence-electron chi connectivity index (χ0n) is 12.2. The Morgan fingerprint density at radius 3 is 2.65 bits per heavy atom. The largest absolute Gasteiger partial charge is 0.481 e. The third-order valence-corrected chi connectivity index (χ3v) is 4.82. The molecule has 0 bridgehead atoms. The van der Waals surface area contributed by atoms with Crippen LogP contribution >= 0.6 is 0 Å². The van der Waals surface area contributed by atoms with Gasteiger partial charge in [-0.2, -0.15) is 0 Å². The van der Waals surface area contributed by atoms with Gasteiger partial charge in [-0.15, -0.1) is 0 Å². The summed E-state index contributed by atoms with van der Waals surface area (Å²) in [5, 5.41) is 12.0. The molecule has 1 aliphatic heterocycles. The molecule has 2 amide bonds. The highest BCUT2D eigenvalue weighted by molar-refractivity contribution is 5.79. The van der Waals surface area contributed by atoms with E-state index in [9.17, 15) is 14.7 Å². The molecule has 1 saturated heterocycles. The van der Waals surface area contributed by atoms with E-state index in [0.29, 0.717) is 31.8 Å². The van der Waals surface area contributed by atoms with Crippen molar-refractivity contribution in [2.24, 2.45) is 11.3 Å². The minimum atomic E-state index is -0.800. The number of hydrogen-bond acceptors (Lipinski definition) is 3. The van der Waals surface area contributed by atoms with E-state index in [4.69, 9.17) is 4.74 Å². The van der Waals surface area contributed by atoms with Gasteiger partial charge in [-0.1, -0.05) is 13.3 Å². The summed E-state index contributed by atoms with van der Waals surface area (Å²) in [6, 6.07) is -0.175. The van der Waals surface area contributed by atoms with Crippen LogP contribution in [-0.4, -0.2) is 54.9 Å². The van der Waals surface area contributed by atoms with Crippen LogP contribution in [0.4, 0.5) is 4.79 Å². The van der Waals surface area contributed by atoms with E-state index < -0.39 is 11.4 Å². The van der Waals surface area contributed by atoms with Gasteiger partial charge >= 0.3 is 12.0 Å². The van der Waals surface area contributed by atoms with Gasteiger partial charge in [-0.3, -0.25) is 4.79 Å². The number of aliphatic carboxylic acids is 1. The number of ether oxygens (including phenoxy) is 1. The molecule has 20 heavy (non-hydrogen) atoms. The van der Waals surface area contributed by atoms with Crippen LogP contribution in [0.2, 0.25) is 0 Å². The van der Waals surface area contributed by atoms with Crippen molar-refractivity contribution in [1.29, 1.82) is 0 Å². The van der Waals surface area contributed by atoms with Crippen LogP contribution in [0.1, 0.15) is 32.6 Å². The molecule has 0 aromatic heterocycles. The van der Waals surface area contributed by atoms with Crippen molar-refractivity contribution in [2.75, 3.05) is 26.7 Å². The minimum Gasteiger partial charge on any atom is -0.481 e. The van der Waals surface area contributed by atoms with Crippen molar-refractivity contribution in [3.63, 3.8) is 0 Å². The van der Waals surface area contributed by atoms with E-state index in [-0.39, 0.29) is 18.7 Å². The topological polar surface area (TPSA) is 78.9 Å². The number of nitrogens with zero attached hydrogens (tertiary/aromatic N) is 1. The number of hydrogen-bond donors (Lipinski definition) is 2. The molecule has 6 nitrogen and oxygen atoms in total. The number of amides is 2. The van der Waals surface area contributed by atoms with Crippen LogP contribution in [0.25, 0.3) is 0 Å². The molecule has 1 aliphatic carbocycles. The number of nitrogens with one attached hydrogen (secondary N) is 1. The van der Waals surface area contributed by atoms with Crippen LogP contribution < -0.4 is 5.32 Å². The van der Waals surface area contributed by atoms with Crippen LogP contribution in [-0.2, 0) is 9.53 Å². The molecule has 2 unspecified atom stereocenters. The summed E-state index contributed by atoms with van der Waals surface area (Å²) in [6.07, 6.45) is 3.21. The minimum absolute atomic E-state index is 0.0617. The molecular weight excluding hydrogens is 260 g/mol. The first-order valence-electron chi connectivity index (χ1n) is 7.27. The number of methoxy groups -OCH3 is 1. The van der Waals surface area contributed by atoms with Gasteiger partial charge in [0.15, 0.2) is 0 Å². The second-order valence-corrected chi connectivity index (χ2v) is 6.08. The molecule has 2 rings (SSSR count). The number of urea groups is 1. The average molecular weight is 284 g/mol. The summed E-state index contributed by atoms with van der Waals surface area (Å²) < 4.78 is 5.38. The van der Waals surface area contributed by atoms with Crippen LogP contribution in [0, 0.1) is 11.3 Å². The fraction of sp³-hybridized carbons (Fsp3) is 0.857. The quantitative estimate of drug-likeness (QED) is 0.816. The van der Waals surface area contributed by atoms with Gasteiger partial charge < -0.3 is 20.1 Å². The van der Waals surface area contributed by atoms with E-state index in [2.05, 4.69) is 12.2 Å². The van der Waals surface area contributed by atoms with E-state index in [1.54, 1.807) is 12.0 Å². The SMILES string of the molecule is COC1CN(C(=O)NCC2(C(=O)O)CCC2)CCC1C. The maximum Gasteiger partial charge on any atom is 0.317 e. The molecular formula is C14H24N2O4. The molecule has 1 saturated carbocycles. The Kier molecular flexibility index (Phi) is 4.52. The Morgan fingerprint density at radius 2 is 2.15 bits per heavy atom. The summed E-state index contributed by atoms with van der Waals surface area (Å²) in [4.78, 5) is 25.1. The van der Waals surface area contributed by atoms with Crippen LogP contribution in [0.5, 0.6) is 0 Å². The first kappa shape index (κ1) is 15.1. The number of carboxylic acids is 1. The van der Waals surface area contributed by atoms with E-state index >= 15 is 0 Å². The molecule has 0 aromatic rings. The predicted octanol–water partition coefficient (Wildman–Crippen LogP) is 1.31. The van der Waals surface area contributed by atoms with Crippen molar-refractivity contribution in [3.05, 3.63) is 0 Å². The van der Waals surface area contributed by atoms with Crippen molar-refractivity contribution < 1.29 is 19.4 Å². The fourth-order valence-electron chi connectivity index (χ4n) is 2.95. The molecule has 0 spiro atoms. The zero-order chi connectivity index (χ0) is 14.8. The first-order valence-corrected chi connectivity index (χ1v) is 7.27. The molecule has 2 aliphatic rings. The molecule has 114 valence electrons. The Balaban J connectivity index is 1.84. The monoisotopic (exact) mass is 284 g/mol. The summed E-state index contributed by atoms with van der Waals surface area (Å²) in [7, 11) is 1.66. The lowest BCUT2D eigenvalue weighted by atomic mass is 9.69. The van der Waals surface area contributed by atoms with E-state index in [0.717, 1.165) is 12.8 Å². The highest BCUT2D eigenvalue weighted by Gasteiger charge is 2.44. The molecule has 2 N–H and O–H groups in total. The van der Waals surface area contributed by atoms with Gasteiger partial charge in [-0.25, -0.2) is 4.79 Å². The third kappa shape index (κ3) is 2.90. The molecule has 2 fully saturated rings. The number of likely N-dealkylation sites (tertiary alicyclic amines) is 1. The van der Waals surface area contributed by atoms with Crippen LogP contribution in [0.3, 0.4) is 0 Å². The number of carbonyl (C=O) groups is 2. The van der Waals surface area contributed by atoms with E-state index in [1.807, 2.05) is 0 Å². The summed E-state index contributed by atoms with van der Waals surface area (Å²) in [5.41, 5.74) is -0.737. The van der Waals surface area contributed by atoms with Gasteiger partial charge in [0.2, 0.25) is 0 Å². The number of rotatable bonds is 4. The predicted molar refractivity (Wildman–Crippen MR) is 73.5 cm³/mol. The third-order valence-electron chi connectivity index (χ3n) is 4.82. The smallest absolute Gasteiger partial charge is 0.317 e. The summed E-state index contributed by atoms with van der Waals surface area (Å²) in [5.74, 6) is -0.355.